The number of nitrogens with zero attached hydrogens (tertiary/aromatic N) is 2. The zero-order valence-electron chi connectivity index (χ0n) is 10.8. The molecule has 17 heavy (non-hydrogen) atoms. The van der Waals surface area contributed by atoms with Crippen molar-refractivity contribution in [3.05, 3.63) is 11.7 Å². The fourth-order valence-electron chi connectivity index (χ4n) is 1.08. The number of hydrogen-bond donors (Lipinski definition) is 1. The molecule has 0 aromatic carbocycles. The molecule has 1 heterocycles. The van der Waals surface area contributed by atoms with E-state index < -0.39 is 10.0 Å². The SMILES string of the molecule is C[C@H](c1nc(CNS(C)(=O)=O)no1)C(C)(C)C. The van der Waals surface area contributed by atoms with Gasteiger partial charge in [0.1, 0.15) is 0 Å². The highest BCUT2D eigenvalue weighted by atomic mass is 32.2. The maximum absolute atomic E-state index is 10.9. The first-order valence-corrected chi connectivity index (χ1v) is 7.26. The molecule has 6 nitrogen and oxygen atoms in total. The molecule has 0 aliphatic carbocycles. The van der Waals surface area contributed by atoms with E-state index in [9.17, 15) is 8.42 Å². The first kappa shape index (κ1) is 14.1. The normalized spacial score (nSPS) is 14.9. The monoisotopic (exact) mass is 261 g/mol. The van der Waals surface area contributed by atoms with Gasteiger partial charge in [0.25, 0.3) is 0 Å². The van der Waals surface area contributed by atoms with Gasteiger partial charge < -0.3 is 4.52 Å². The first-order chi connectivity index (χ1) is 7.59. The summed E-state index contributed by atoms with van der Waals surface area (Å²) in [5.41, 5.74) is 0.0219. The average molecular weight is 261 g/mol. The van der Waals surface area contributed by atoms with Crippen LogP contribution in [0.5, 0.6) is 0 Å². The maximum atomic E-state index is 10.9. The molecular formula is C10H19N3O3S. The second kappa shape index (κ2) is 4.73. The molecular weight excluding hydrogens is 242 g/mol. The third-order valence-corrected chi connectivity index (χ3v) is 3.31. The predicted octanol–water partition coefficient (Wildman–Crippen LogP) is 1.27. The van der Waals surface area contributed by atoms with E-state index >= 15 is 0 Å². The topological polar surface area (TPSA) is 85.1 Å². The van der Waals surface area contributed by atoms with Crippen molar-refractivity contribution >= 4 is 10.0 Å². The van der Waals surface area contributed by atoms with Crippen LogP contribution in [0.4, 0.5) is 0 Å². The Morgan fingerprint density at radius 3 is 2.47 bits per heavy atom. The van der Waals surface area contributed by atoms with Gasteiger partial charge >= 0.3 is 0 Å². The van der Waals surface area contributed by atoms with Crippen molar-refractivity contribution in [3.8, 4) is 0 Å². The van der Waals surface area contributed by atoms with Gasteiger partial charge in [-0.15, -0.1) is 0 Å². The Morgan fingerprint density at radius 1 is 1.41 bits per heavy atom. The van der Waals surface area contributed by atoms with Gasteiger partial charge in [0, 0.05) is 5.92 Å². The predicted molar refractivity (Wildman–Crippen MR) is 63.9 cm³/mol. The lowest BCUT2D eigenvalue weighted by Crippen LogP contribution is -2.22. The van der Waals surface area contributed by atoms with Crippen LogP contribution in [0.15, 0.2) is 4.52 Å². The fourth-order valence-corrected chi connectivity index (χ4v) is 1.47. The fraction of sp³-hybridized carbons (Fsp3) is 0.800. The van der Waals surface area contributed by atoms with Gasteiger partial charge in [-0.2, -0.15) is 4.98 Å². The van der Waals surface area contributed by atoms with Crippen LogP contribution in [-0.2, 0) is 16.6 Å². The van der Waals surface area contributed by atoms with Crippen LogP contribution in [0.25, 0.3) is 0 Å². The Labute approximate surface area is 102 Å². The van der Waals surface area contributed by atoms with Gasteiger partial charge in [-0.05, 0) is 5.41 Å². The third-order valence-electron chi connectivity index (χ3n) is 2.65. The van der Waals surface area contributed by atoms with Crippen molar-refractivity contribution in [3.63, 3.8) is 0 Å². The molecule has 0 spiro atoms. The van der Waals surface area contributed by atoms with Crippen LogP contribution >= 0.6 is 0 Å². The molecule has 0 unspecified atom stereocenters. The van der Waals surface area contributed by atoms with Crippen LogP contribution in [0, 0.1) is 5.41 Å². The molecule has 0 saturated heterocycles. The van der Waals surface area contributed by atoms with Crippen molar-refractivity contribution in [1.29, 1.82) is 0 Å². The second-order valence-corrected chi connectivity index (χ2v) is 7.06. The Morgan fingerprint density at radius 2 is 2.00 bits per heavy atom. The van der Waals surface area contributed by atoms with Crippen molar-refractivity contribution in [1.82, 2.24) is 14.9 Å². The molecule has 0 amide bonds. The molecule has 1 N–H and O–H groups in total. The average Bonchev–Trinajstić information content (AvgIpc) is 2.59. The van der Waals surface area contributed by atoms with Crippen molar-refractivity contribution in [2.75, 3.05) is 6.26 Å². The van der Waals surface area contributed by atoms with E-state index in [4.69, 9.17) is 4.52 Å². The van der Waals surface area contributed by atoms with Crippen LogP contribution in [0.2, 0.25) is 0 Å². The highest BCUT2D eigenvalue weighted by Gasteiger charge is 2.26. The number of hydrogen-bond acceptors (Lipinski definition) is 5. The van der Waals surface area contributed by atoms with Gasteiger partial charge in [0.05, 0.1) is 12.8 Å². The number of rotatable bonds is 4. The highest BCUT2D eigenvalue weighted by Crippen LogP contribution is 2.33. The molecule has 0 radical (unpaired) electrons. The van der Waals surface area contributed by atoms with Crippen LogP contribution in [0.1, 0.15) is 45.3 Å². The van der Waals surface area contributed by atoms with Crippen LogP contribution in [-0.4, -0.2) is 24.8 Å². The largest absolute Gasteiger partial charge is 0.339 e. The molecule has 98 valence electrons. The van der Waals surface area contributed by atoms with Crippen molar-refractivity contribution in [2.24, 2.45) is 5.41 Å². The van der Waals surface area contributed by atoms with Gasteiger partial charge in [-0.1, -0.05) is 32.9 Å². The molecule has 0 saturated carbocycles. The summed E-state index contributed by atoms with van der Waals surface area (Å²) in [5, 5.41) is 3.74. The third kappa shape index (κ3) is 4.43. The van der Waals surface area contributed by atoms with Crippen LogP contribution < -0.4 is 4.72 Å². The van der Waals surface area contributed by atoms with Gasteiger partial charge in [-0.25, -0.2) is 13.1 Å². The van der Waals surface area contributed by atoms with E-state index in [-0.39, 0.29) is 17.9 Å². The molecule has 1 atom stereocenters. The summed E-state index contributed by atoms with van der Waals surface area (Å²) >= 11 is 0. The van der Waals surface area contributed by atoms with E-state index in [1.54, 1.807) is 0 Å². The van der Waals surface area contributed by atoms with E-state index in [1.165, 1.54) is 0 Å². The highest BCUT2D eigenvalue weighted by molar-refractivity contribution is 7.88. The zero-order chi connectivity index (χ0) is 13.3. The minimum Gasteiger partial charge on any atom is -0.339 e. The summed E-state index contributed by atoms with van der Waals surface area (Å²) in [4.78, 5) is 4.17. The summed E-state index contributed by atoms with van der Waals surface area (Å²) in [5.74, 6) is 0.992. The molecule has 0 aliphatic rings. The molecule has 0 fully saturated rings. The van der Waals surface area contributed by atoms with E-state index in [0.29, 0.717) is 11.7 Å². The maximum Gasteiger partial charge on any atom is 0.230 e. The lowest BCUT2D eigenvalue weighted by Gasteiger charge is -2.23. The first-order valence-electron chi connectivity index (χ1n) is 5.37. The number of sulfonamides is 1. The second-order valence-electron chi connectivity index (χ2n) is 5.23. The lowest BCUT2D eigenvalue weighted by atomic mass is 9.82. The molecule has 0 bridgehead atoms. The molecule has 0 aliphatic heterocycles. The van der Waals surface area contributed by atoms with Crippen molar-refractivity contribution < 1.29 is 12.9 Å². The Kier molecular flexibility index (Phi) is 3.93. The van der Waals surface area contributed by atoms with Crippen molar-refractivity contribution in [2.45, 2.75) is 40.2 Å². The smallest absolute Gasteiger partial charge is 0.230 e. The van der Waals surface area contributed by atoms with Gasteiger partial charge in [-0.3, -0.25) is 0 Å². The summed E-state index contributed by atoms with van der Waals surface area (Å²) < 4.78 is 29.3. The quantitative estimate of drug-likeness (QED) is 0.882. The van der Waals surface area contributed by atoms with Gasteiger partial charge in [0.15, 0.2) is 5.82 Å². The van der Waals surface area contributed by atoms with Gasteiger partial charge in [0.2, 0.25) is 15.9 Å². The lowest BCUT2D eigenvalue weighted by molar-refractivity contribution is 0.261. The van der Waals surface area contributed by atoms with E-state index in [2.05, 4.69) is 35.6 Å². The Balaban J connectivity index is 2.72. The summed E-state index contributed by atoms with van der Waals surface area (Å²) in [6, 6.07) is 0. The molecule has 1 aromatic rings. The number of aromatic nitrogens is 2. The minimum atomic E-state index is -3.23. The van der Waals surface area contributed by atoms with Crippen LogP contribution in [0.3, 0.4) is 0 Å². The molecule has 7 heteroatoms. The zero-order valence-corrected chi connectivity index (χ0v) is 11.6. The standard InChI is InChI=1S/C10H19N3O3S/c1-7(10(2,3)4)9-12-8(13-16-9)6-11-17(5,14)15/h7,11H,6H2,1-5H3/t7-/m1/s1. The summed E-state index contributed by atoms with van der Waals surface area (Å²) in [6.07, 6.45) is 1.09. The van der Waals surface area contributed by atoms with E-state index in [0.717, 1.165) is 6.26 Å². The molecule has 1 aromatic heterocycles. The molecule has 1 rings (SSSR count). The summed E-state index contributed by atoms with van der Waals surface area (Å²) in [6.45, 7) is 8.29. The Bertz CT molecular complexity index is 473. The Hall–Kier alpha value is -0.950. The summed E-state index contributed by atoms with van der Waals surface area (Å²) in [7, 11) is -3.23. The van der Waals surface area contributed by atoms with E-state index in [1.807, 2.05) is 6.92 Å². The minimum absolute atomic E-state index is 0.0219. The number of nitrogens with one attached hydrogen (secondary N) is 1.